The molecule has 100 valence electrons. The van der Waals surface area contributed by atoms with Crippen molar-refractivity contribution in [3.63, 3.8) is 0 Å². The summed E-state index contributed by atoms with van der Waals surface area (Å²) in [5.74, 6) is -0.157. The smallest absolute Gasteiger partial charge is 0.257 e. The van der Waals surface area contributed by atoms with Gasteiger partial charge in [0.25, 0.3) is 5.91 Å². The average Bonchev–Trinajstić information content (AvgIpc) is 2.91. The first-order valence-electron chi connectivity index (χ1n) is 5.91. The highest BCUT2D eigenvalue weighted by atomic mass is 32.2. The fraction of sp³-hybridized carbons (Fsp3) is 0.583. The lowest BCUT2D eigenvalue weighted by molar-refractivity contribution is 0.0692. The zero-order valence-electron chi connectivity index (χ0n) is 10.5. The van der Waals surface area contributed by atoms with Gasteiger partial charge in [0.2, 0.25) is 0 Å². The van der Waals surface area contributed by atoms with Crippen LogP contribution in [0.25, 0.3) is 0 Å². The summed E-state index contributed by atoms with van der Waals surface area (Å²) in [6.07, 6.45) is 5.91. The second kappa shape index (κ2) is 4.76. The number of furan rings is 1. The molecule has 1 atom stereocenters. The minimum absolute atomic E-state index is 0.00685. The summed E-state index contributed by atoms with van der Waals surface area (Å²) in [4.78, 5) is 14.0. The van der Waals surface area contributed by atoms with E-state index in [9.17, 15) is 13.2 Å². The Morgan fingerprint density at radius 3 is 2.67 bits per heavy atom. The zero-order valence-corrected chi connectivity index (χ0v) is 11.3. The van der Waals surface area contributed by atoms with Gasteiger partial charge in [-0.05, 0) is 25.8 Å². The normalized spacial score (nSPS) is 17.4. The molecule has 0 N–H and O–H groups in total. The Morgan fingerprint density at radius 2 is 2.22 bits per heavy atom. The van der Waals surface area contributed by atoms with Crippen molar-refractivity contribution >= 4 is 15.7 Å². The highest BCUT2D eigenvalue weighted by molar-refractivity contribution is 7.90. The Bertz CT molecular complexity index is 516. The maximum absolute atomic E-state index is 12.3. The molecule has 1 amide bonds. The van der Waals surface area contributed by atoms with Crippen molar-refractivity contribution in [3.05, 3.63) is 24.2 Å². The maximum atomic E-state index is 12.3. The Balaban J connectivity index is 2.16. The molecular formula is C12H17NO4S. The second-order valence-electron chi connectivity index (χ2n) is 4.90. The number of carbonyl (C=O) groups excluding carboxylic acids is 1. The molecule has 1 aromatic heterocycles. The van der Waals surface area contributed by atoms with Crippen LogP contribution in [0.2, 0.25) is 0 Å². The molecular weight excluding hydrogens is 254 g/mol. The Kier molecular flexibility index (Phi) is 3.47. The SMILES string of the molecule is C[C@H](CS(C)(=O)=O)N(C(=O)c1ccoc1)C1CC1. The molecule has 0 aromatic carbocycles. The summed E-state index contributed by atoms with van der Waals surface area (Å²) in [5, 5.41) is 0. The van der Waals surface area contributed by atoms with E-state index in [1.165, 1.54) is 18.8 Å². The number of rotatable bonds is 5. The van der Waals surface area contributed by atoms with Crippen molar-refractivity contribution in [2.24, 2.45) is 0 Å². The highest BCUT2D eigenvalue weighted by Crippen LogP contribution is 2.30. The van der Waals surface area contributed by atoms with Crippen LogP contribution in [0, 0.1) is 0 Å². The van der Waals surface area contributed by atoms with Gasteiger partial charge in [-0.2, -0.15) is 0 Å². The first kappa shape index (κ1) is 13.1. The summed E-state index contributed by atoms with van der Waals surface area (Å²) in [6, 6.07) is 1.46. The third kappa shape index (κ3) is 3.13. The van der Waals surface area contributed by atoms with Gasteiger partial charge in [-0.3, -0.25) is 4.79 Å². The Morgan fingerprint density at radius 1 is 1.56 bits per heavy atom. The molecule has 18 heavy (non-hydrogen) atoms. The number of nitrogens with zero attached hydrogens (tertiary/aromatic N) is 1. The number of carbonyl (C=O) groups is 1. The minimum atomic E-state index is -3.09. The molecule has 0 aliphatic heterocycles. The first-order valence-corrected chi connectivity index (χ1v) is 7.97. The first-order chi connectivity index (χ1) is 8.38. The molecule has 1 aliphatic rings. The van der Waals surface area contributed by atoms with Crippen molar-refractivity contribution < 1.29 is 17.6 Å². The van der Waals surface area contributed by atoms with Crippen molar-refractivity contribution in [1.29, 1.82) is 0 Å². The van der Waals surface area contributed by atoms with E-state index in [-0.39, 0.29) is 23.7 Å². The monoisotopic (exact) mass is 271 g/mol. The Labute approximate surface area is 107 Å². The van der Waals surface area contributed by atoms with E-state index >= 15 is 0 Å². The summed E-state index contributed by atoms with van der Waals surface area (Å²) < 4.78 is 27.6. The third-order valence-corrected chi connectivity index (χ3v) is 4.05. The molecule has 1 heterocycles. The molecule has 5 nitrogen and oxygen atoms in total. The van der Waals surface area contributed by atoms with Crippen molar-refractivity contribution in [1.82, 2.24) is 4.90 Å². The van der Waals surface area contributed by atoms with E-state index in [1.54, 1.807) is 17.9 Å². The summed E-state index contributed by atoms with van der Waals surface area (Å²) in [7, 11) is -3.09. The largest absolute Gasteiger partial charge is 0.472 e. The molecule has 0 saturated heterocycles. The van der Waals surface area contributed by atoms with E-state index < -0.39 is 9.84 Å². The molecule has 0 bridgehead atoms. The van der Waals surface area contributed by atoms with Crippen molar-refractivity contribution in [2.75, 3.05) is 12.0 Å². The lowest BCUT2D eigenvalue weighted by atomic mass is 10.2. The lowest BCUT2D eigenvalue weighted by Gasteiger charge is -2.28. The Hall–Kier alpha value is -1.30. The topological polar surface area (TPSA) is 67.6 Å². The number of sulfone groups is 1. The van der Waals surface area contributed by atoms with Crippen molar-refractivity contribution in [3.8, 4) is 0 Å². The zero-order chi connectivity index (χ0) is 13.3. The summed E-state index contributed by atoms with van der Waals surface area (Å²) >= 11 is 0. The molecule has 0 unspecified atom stereocenters. The lowest BCUT2D eigenvalue weighted by Crippen LogP contribution is -2.43. The van der Waals surface area contributed by atoms with E-state index in [2.05, 4.69) is 0 Å². The van der Waals surface area contributed by atoms with Gasteiger partial charge in [-0.25, -0.2) is 8.42 Å². The molecule has 1 aromatic rings. The van der Waals surface area contributed by atoms with Gasteiger partial charge in [-0.15, -0.1) is 0 Å². The van der Waals surface area contributed by atoms with E-state index in [0.29, 0.717) is 5.56 Å². The fourth-order valence-electron chi connectivity index (χ4n) is 2.13. The standard InChI is InChI=1S/C12H17NO4S/c1-9(8-18(2,15)16)13(11-3-4-11)12(14)10-5-6-17-7-10/h5-7,9,11H,3-4,8H2,1-2H3/t9-/m1/s1. The molecule has 0 radical (unpaired) electrons. The highest BCUT2D eigenvalue weighted by Gasteiger charge is 2.37. The third-order valence-electron chi connectivity index (χ3n) is 2.96. The quantitative estimate of drug-likeness (QED) is 0.810. The van der Waals surface area contributed by atoms with Gasteiger partial charge in [-0.1, -0.05) is 0 Å². The van der Waals surface area contributed by atoms with E-state index in [0.717, 1.165) is 12.8 Å². The molecule has 1 fully saturated rings. The molecule has 2 rings (SSSR count). The molecule has 6 heteroatoms. The van der Waals surface area contributed by atoms with Crippen LogP contribution in [0.1, 0.15) is 30.1 Å². The predicted molar refractivity (Wildman–Crippen MR) is 67.1 cm³/mol. The number of hydrogen-bond donors (Lipinski definition) is 0. The van der Waals surface area contributed by atoms with Crippen LogP contribution in [-0.2, 0) is 9.84 Å². The van der Waals surface area contributed by atoms with Crippen LogP contribution >= 0.6 is 0 Å². The van der Waals surface area contributed by atoms with E-state index in [1.807, 2.05) is 0 Å². The van der Waals surface area contributed by atoms with Crippen LogP contribution in [0.3, 0.4) is 0 Å². The second-order valence-corrected chi connectivity index (χ2v) is 7.08. The van der Waals surface area contributed by atoms with Crippen LogP contribution in [0.4, 0.5) is 0 Å². The van der Waals surface area contributed by atoms with Gasteiger partial charge in [0.15, 0.2) is 0 Å². The van der Waals surface area contributed by atoms with Gasteiger partial charge < -0.3 is 9.32 Å². The van der Waals surface area contributed by atoms with Crippen LogP contribution in [-0.4, -0.2) is 43.3 Å². The van der Waals surface area contributed by atoms with Gasteiger partial charge in [0.05, 0.1) is 17.6 Å². The summed E-state index contributed by atoms with van der Waals surface area (Å²) in [5.41, 5.74) is 0.474. The predicted octanol–water partition coefficient (Wildman–Crippen LogP) is 1.32. The number of amides is 1. The fourth-order valence-corrected chi connectivity index (χ4v) is 3.17. The molecule has 1 saturated carbocycles. The van der Waals surface area contributed by atoms with Gasteiger partial charge in [0.1, 0.15) is 16.1 Å². The van der Waals surface area contributed by atoms with Gasteiger partial charge in [0, 0.05) is 18.3 Å². The average molecular weight is 271 g/mol. The minimum Gasteiger partial charge on any atom is -0.472 e. The van der Waals surface area contributed by atoms with Gasteiger partial charge >= 0.3 is 0 Å². The molecule has 1 aliphatic carbocycles. The number of hydrogen-bond acceptors (Lipinski definition) is 4. The van der Waals surface area contributed by atoms with Crippen LogP contribution in [0.15, 0.2) is 23.0 Å². The van der Waals surface area contributed by atoms with Crippen LogP contribution < -0.4 is 0 Å². The molecule has 0 spiro atoms. The summed E-state index contributed by atoms with van der Waals surface area (Å²) in [6.45, 7) is 1.78. The van der Waals surface area contributed by atoms with Crippen LogP contribution in [0.5, 0.6) is 0 Å². The maximum Gasteiger partial charge on any atom is 0.257 e. The van der Waals surface area contributed by atoms with E-state index in [4.69, 9.17) is 4.42 Å². The van der Waals surface area contributed by atoms with Crippen molar-refractivity contribution in [2.45, 2.75) is 31.8 Å².